The third-order valence-electron chi connectivity index (χ3n) is 3.02. The summed E-state index contributed by atoms with van der Waals surface area (Å²) >= 11 is 1.52. The first-order valence-electron chi connectivity index (χ1n) is 6.54. The van der Waals surface area contributed by atoms with Crippen molar-refractivity contribution < 1.29 is 9.59 Å². The summed E-state index contributed by atoms with van der Waals surface area (Å²) in [5.74, 6) is 0.0681. The Morgan fingerprint density at radius 2 is 2.06 bits per heavy atom. The molecule has 5 nitrogen and oxygen atoms in total. The topological polar surface area (TPSA) is 84.2 Å². The first-order valence-corrected chi connectivity index (χ1v) is 7.58. The van der Waals surface area contributed by atoms with Gasteiger partial charge in [-0.3, -0.25) is 10.1 Å². The van der Waals surface area contributed by atoms with Crippen molar-refractivity contribution in [3.8, 4) is 0 Å². The SMILES string of the molecule is CC(CCN)SCC(=O)NC(=O)NC1CCCC1. The minimum absolute atomic E-state index is 0.237. The predicted octanol–water partition coefficient (Wildman–Crippen LogP) is 1.23. The van der Waals surface area contributed by atoms with E-state index in [1.165, 1.54) is 11.8 Å². The number of amides is 3. The average Bonchev–Trinajstić information content (AvgIpc) is 2.79. The van der Waals surface area contributed by atoms with Crippen LogP contribution in [-0.2, 0) is 4.79 Å². The van der Waals surface area contributed by atoms with Crippen molar-refractivity contribution in [1.29, 1.82) is 0 Å². The Morgan fingerprint density at radius 1 is 1.39 bits per heavy atom. The smallest absolute Gasteiger partial charge is 0.321 e. The maximum Gasteiger partial charge on any atom is 0.321 e. The number of carbonyl (C=O) groups is 2. The second-order valence-electron chi connectivity index (χ2n) is 4.70. The van der Waals surface area contributed by atoms with Crippen LogP contribution in [0.25, 0.3) is 0 Å². The Labute approximate surface area is 113 Å². The molecule has 3 amide bonds. The van der Waals surface area contributed by atoms with Crippen molar-refractivity contribution in [2.45, 2.75) is 50.3 Å². The van der Waals surface area contributed by atoms with Gasteiger partial charge >= 0.3 is 6.03 Å². The normalized spacial score (nSPS) is 17.4. The minimum Gasteiger partial charge on any atom is -0.335 e. The lowest BCUT2D eigenvalue weighted by Gasteiger charge is -2.13. The van der Waals surface area contributed by atoms with Gasteiger partial charge in [0.15, 0.2) is 0 Å². The number of urea groups is 1. The molecule has 0 aromatic rings. The molecule has 18 heavy (non-hydrogen) atoms. The first kappa shape index (κ1) is 15.3. The Morgan fingerprint density at radius 3 is 2.67 bits per heavy atom. The van der Waals surface area contributed by atoms with E-state index in [1.54, 1.807) is 0 Å². The van der Waals surface area contributed by atoms with Gasteiger partial charge in [-0.05, 0) is 25.8 Å². The Kier molecular flexibility index (Phi) is 7.12. The van der Waals surface area contributed by atoms with Crippen LogP contribution in [-0.4, -0.2) is 35.5 Å². The number of nitrogens with two attached hydrogens (primary N) is 1. The largest absolute Gasteiger partial charge is 0.335 e. The van der Waals surface area contributed by atoms with E-state index in [0.29, 0.717) is 17.5 Å². The number of rotatable bonds is 6. The fraction of sp³-hybridized carbons (Fsp3) is 0.833. The van der Waals surface area contributed by atoms with Crippen molar-refractivity contribution >= 4 is 23.7 Å². The lowest BCUT2D eigenvalue weighted by Crippen LogP contribution is -2.44. The molecule has 4 N–H and O–H groups in total. The predicted molar refractivity (Wildman–Crippen MR) is 74.5 cm³/mol. The van der Waals surface area contributed by atoms with Crippen LogP contribution in [0.15, 0.2) is 0 Å². The van der Waals surface area contributed by atoms with E-state index < -0.39 is 0 Å². The van der Waals surface area contributed by atoms with Crippen LogP contribution in [0.2, 0.25) is 0 Å². The molecule has 1 atom stereocenters. The van der Waals surface area contributed by atoms with E-state index in [4.69, 9.17) is 5.73 Å². The van der Waals surface area contributed by atoms with Crippen molar-refractivity contribution in [2.24, 2.45) is 5.73 Å². The Bertz CT molecular complexity index is 280. The van der Waals surface area contributed by atoms with Crippen LogP contribution in [0.1, 0.15) is 39.0 Å². The maximum atomic E-state index is 11.5. The summed E-state index contributed by atoms with van der Waals surface area (Å²) in [6.45, 7) is 2.65. The van der Waals surface area contributed by atoms with E-state index in [-0.39, 0.29) is 18.0 Å². The zero-order chi connectivity index (χ0) is 13.4. The third-order valence-corrected chi connectivity index (χ3v) is 4.25. The van der Waals surface area contributed by atoms with Gasteiger partial charge in [-0.15, -0.1) is 11.8 Å². The molecule has 0 saturated heterocycles. The highest BCUT2D eigenvalue weighted by molar-refractivity contribution is 8.00. The number of hydrogen-bond acceptors (Lipinski definition) is 4. The van der Waals surface area contributed by atoms with Gasteiger partial charge in [-0.1, -0.05) is 19.8 Å². The molecule has 1 fully saturated rings. The lowest BCUT2D eigenvalue weighted by atomic mass is 10.2. The molecule has 0 aliphatic heterocycles. The molecule has 0 aromatic carbocycles. The van der Waals surface area contributed by atoms with Gasteiger partial charge in [0.2, 0.25) is 5.91 Å². The molecule has 0 radical (unpaired) electrons. The van der Waals surface area contributed by atoms with E-state index in [2.05, 4.69) is 10.6 Å². The number of carbonyl (C=O) groups excluding carboxylic acids is 2. The van der Waals surface area contributed by atoms with Gasteiger partial charge < -0.3 is 11.1 Å². The highest BCUT2D eigenvalue weighted by Gasteiger charge is 2.18. The third kappa shape index (κ3) is 6.26. The first-order chi connectivity index (χ1) is 8.61. The fourth-order valence-corrected chi connectivity index (χ4v) is 2.80. The lowest BCUT2D eigenvalue weighted by molar-refractivity contribution is -0.117. The molecule has 104 valence electrons. The zero-order valence-electron chi connectivity index (χ0n) is 10.9. The molecule has 1 aliphatic carbocycles. The van der Waals surface area contributed by atoms with E-state index in [9.17, 15) is 9.59 Å². The summed E-state index contributed by atoms with van der Waals surface area (Å²) in [5, 5.41) is 5.53. The highest BCUT2D eigenvalue weighted by atomic mass is 32.2. The van der Waals surface area contributed by atoms with Gasteiger partial charge in [-0.2, -0.15) is 0 Å². The number of thioether (sulfide) groups is 1. The quantitative estimate of drug-likeness (QED) is 0.679. The van der Waals surface area contributed by atoms with Crippen LogP contribution < -0.4 is 16.4 Å². The molecular formula is C12H23N3O2S. The summed E-state index contributed by atoms with van der Waals surface area (Å²) in [7, 11) is 0. The van der Waals surface area contributed by atoms with Crippen molar-refractivity contribution in [1.82, 2.24) is 10.6 Å². The van der Waals surface area contributed by atoms with Gasteiger partial charge in [0.05, 0.1) is 5.75 Å². The van der Waals surface area contributed by atoms with Crippen molar-refractivity contribution in [3.63, 3.8) is 0 Å². The minimum atomic E-state index is -0.362. The Hall–Kier alpha value is -0.750. The van der Waals surface area contributed by atoms with Crippen LogP contribution in [0.5, 0.6) is 0 Å². The van der Waals surface area contributed by atoms with Crippen molar-refractivity contribution in [3.05, 3.63) is 0 Å². The van der Waals surface area contributed by atoms with E-state index in [0.717, 1.165) is 32.1 Å². The summed E-state index contributed by atoms with van der Waals surface area (Å²) in [5.41, 5.74) is 5.43. The van der Waals surface area contributed by atoms with Crippen LogP contribution >= 0.6 is 11.8 Å². The van der Waals surface area contributed by atoms with Crippen LogP contribution in [0, 0.1) is 0 Å². The molecule has 1 saturated carbocycles. The second kappa shape index (κ2) is 8.37. The molecule has 1 aliphatic rings. The molecule has 0 spiro atoms. The maximum absolute atomic E-state index is 11.5. The highest BCUT2D eigenvalue weighted by Crippen LogP contribution is 2.17. The molecule has 0 aromatic heterocycles. The standard InChI is InChI=1S/C12H23N3O2S/c1-9(6-7-13)18-8-11(16)15-12(17)14-10-4-2-3-5-10/h9-10H,2-8,13H2,1H3,(H2,14,15,16,17). The molecule has 6 heteroatoms. The van der Waals surface area contributed by atoms with Crippen LogP contribution in [0.4, 0.5) is 4.79 Å². The Balaban J connectivity index is 2.12. The molecule has 1 rings (SSSR count). The summed E-state index contributed by atoms with van der Waals surface area (Å²) in [6.07, 6.45) is 5.23. The van der Waals surface area contributed by atoms with Gasteiger partial charge in [0, 0.05) is 11.3 Å². The van der Waals surface area contributed by atoms with E-state index >= 15 is 0 Å². The van der Waals surface area contributed by atoms with Gasteiger partial charge in [-0.25, -0.2) is 4.79 Å². The molecule has 1 unspecified atom stereocenters. The van der Waals surface area contributed by atoms with Gasteiger partial charge in [0.25, 0.3) is 0 Å². The fourth-order valence-electron chi connectivity index (χ4n) is 1.99. The summed E-state index contributed by atoms with van der Waals surface area (Å²) in [4.78, 5) is 23.0. The molecule has 0 bridgehead atoms. The zero-order valence-corrected chi connectivity index (χ0v) is 11.7. The average molecular weight is 273 g/mol. The summed E-state index contributed by atoms with van der Waals surface area (Å²) < 4.78 is 0. The number of nitrogens with one attached hydrogen (secondary N) is 2. The second-order valence-corrected chi connectivity index (χ2v) is 6.13. The van der Waals surface area contributed by atoms with Crippen LogP contribution in [0.3, 0.4) is 0 Å². The van der Waals surface area contributed by atoms with Crippen molar-refractivity contribution in [2.75, 3.05) is 12.3 Å². The number of imide groups is 1. The monoisotopic (exact) mass is 273 g/mol. The summed E-state index contributed by atoms with van der Waals surface area (Å²) in [6, 6.07) is -0.124. The molecule has 0 heterocycles. The van der Waals surface area contributed by atoms with Gasteiger partial charge in [0.1, 0.15) is 0 Å². The van der Waals surface area contributed by atoms with E-state index in [1.807, 2.05) is 6.92 Å². The number of hydrogen-bond donors (Lipinski definition) is 3. The molecular weight excluding hydrogens is 250 g/mol.